The zero-order valence-corrected chi connectivity index (χ0v) is 7.84. The van der Waals surface area contributed by atoms with Gasteiger partial charge in [-0.15, -0.1) is 0 Å². The summed E-state index contributed by atoms with van der Waals surface area (Å²) in [7, 11) is 1.88. The van der Waals surface area contributed by atoms with Crippen molar-refractivity contribution in [2.45, 2.75) is 17.3 Å². The van der Waals surface area contributed by atoms with E-state index in [2.05, 4.69) is 4.98 Å². The molecule has 1 atom stereocenters. The molecule has 4 nitrogen and oxygen atoms in total. The molecule has 0 fully saturated rings. The second-order valence-electron chi connectivity index (χ2n) is 2.48. The zero-order chi connectivity index (χ0) is 9.14. The minimum absolute atomic E-state index is 0.230. The number of aromatic nitrogens is 2. The maximum Gasteiger partial charge on any atom is 0.230 e. The van der Waals surface area contributed by atoms with Crippen molar-refractivity contribution in [1.82, 2.24) is 9.55 Å². The van der Waals surface area contributed by atoms with Gasteiger partial charge in [0.25, 0.3) is 0 Å². The summed E-state index contributed by atoms with van der Waals surface area (Å²) in [6, 6.07) is 0. The van der Waals surface area contributed by atoms with E-state index < -0.39 is 0 Å². The number of carbonyl (C=O) groups excluding carboxylic acids is 1. The van der Waals surface area contributed by atoms with E-state index in [0.29, 0.717) is 0 Å². The van der Waals surface area contributed by atoms with E-state index in [1.165, 1.54) is 11.8 Å². The molecule has 1 amide bonds. The number of primary amides is 1. The van der Waals surface area contributed by atoms with E-state index in [0.717, 1.165) is 5.16 Å². The molecule has 5 heteroatoms. The van der Waals surface area contributed by atoms with E-state index in [1.54, 1.807) is 13.1 Å². The Labute approximate surface area is 75.2 Å². The SMILES string of the molecule is CC(Sc1nccn1C)C(N)=O. The minimum Gasteiger partial charge on any atom is -0.369 e. The van der Waals surface area contributed by atoms with E-state index in [9.17, 15) is 4.79 Å². The number of amides is 1. The van der Waals surface area contributed by atoms with Gasteiger partial charge in [-0.1, -0.05) is 11.8 Å². The Morgan fingerprint density at radius 3 is 2.92 bits per heavy atom. The lowest BCUT2D eigenvalue weighted by Crippen LogP contribution is -2.22. The third-order valence-electron chi connectivity index (χ3n) is 1.46. The van der Waals surface area contributed by atoms with Gasteiger partial charge < -0.3 is 10.3 Å². The van der Waals surface area contributed by atoms with E-state index in [-0.39, 0.29) is 11.2 Å². The molecule has 1 unspecified atom stereocenters. The van der Waals surface area contributed by atoms with Crippen LogP contribution in [0.1, 0.15) is 6.92 Å². The van der Waals surface area contributed by atoms with Crippen molar-refractivity contribution in [2.24, 2.45) is 12.8 Å². The standard InChI is InChI=1S/C7H11N3OS/c1-5(6(8)11)12-7-9-3-4-10(7)2/h3-5H,1-2H3,(H2,8,11). The van der Waals surface area contributed by atoms with E-state index in [1.807, 2.05) is 17.8 Å². The number of nitrogens with zero attached hydrogens (tertiary/aromatic N) is 2. The Balaban J connectivity index is 2.64. The molecular formula is C7H11N3OS. The number of hydrogen-bond acceptors (Lipinski definition) is 3. The molecule has 66 valence electrons. The first-order valence-electron chi connectivity index (χ1n) is 3.54. The topological polar surface area (TPSA) is 60.9 Å². The zero-order valence-electron chi connectivity index (χ0n) is 7.02. The maximum absolute atomic E-state index is 10.7. The summed E-state index contributed by atoms with van der Waals surface area (Å²) >= 11 is 1.36. The van der Waals surface area contributed by atoms with Crippen LogP contribution >= 0.6 is 11.8 Å². The van der Waals surface area contributed by atoms with Crippen LogP contribution in [0.15, 0.2) is 17.6 Å². The Morgan fingerprint density at radius 1 is 1.83 bits per heavy atom. The summed E-state index contributed by atoms with van der Waals surface area (Å²) in [6.45, 7) is 1.77. The summed E-state index contributed by atoms with van der Waals surface area (Å²) in [5.41, 5.74) is 5.11. The van der Waals surface area contributed by atoms with Gasteiger partial charge in [0, 0.05) is 19.4 Å². The normalized spacial score (nSPS) is 12.8. The molecule has 1 aromatic heterocycles. The molecule has 0 aliphatic rings. The number of aryl methyl sites for hydroxylation is 1. The van der Waals surface area contributed by atoms with E-state index >= 15 is 0 Å². The number of imidazole rings is 1. The van der Waals surface area contributed by atoms with Crippen molar-refractivity contribution in [3.8, 4) is 0 Å². The molecule has 0 saturated heterocycles. The van der Waals surface area contributed by atoms with Gasteiger partial charge in [0.1, 0.15) is 0 Å². The molecule has 1 heterocycles. The van der Waals surface area contributed by atoms with Gasteiger partial charge in [0.2, 0.25) is 5.91 Å². The molecule has 0 aliphatic heterocycles. The fourth-order valence-electron chi connectivity index (χ4n) is 0.682. The van der Waals surface area contributed by atoms with Gasteiger partial charge in [-0.25, -0.2) is 4.98 Å². The first-order valence-corrected chi connectivity index (χ1v) is 4.42. The van der Waals surface area contributed by atoms with Crippen molar-refractivity contribution < 1.29 is 4.79 Å². The third-order valence-corrected chi connectivity index (χ3v) is 2.65. The molecule has 0 bridgehead atoms. The fraction of sp³-hybridized carbons (Fsp3) is 0.429. The highest BCUT2D eigenvalue weighted by Crippen LogP contribution is 2.19. The third kappa shape index (κ3) is 2.01. The smallest absolute Gasteiger partial charge is 0.230 e. The minimum atomic E-state index is -0.317. The van der Waals surface area contributed by atoms with Gasteiger partial charge in [-0.2, -0.15) is 0 Å². The number of rotatable bonds is 3. The van der Waals surface area contributed by atoms with Gasteiger partial charge >= 0.3 is 0 Å². The van der Waals surface area contributed by atoms with Crippen LogP contribution < -0.4 is 5.73 Å². The maximum atomic E-state index is 10.7. The number of carbonyl (C=O) groups is 1. The van der Waals surface area contributed by atoms with Crippen LogP contribution in [0.5, 0.6) is 0 Å². The predicted octanol–water partition coefficient (Wildman–Crippen LogP) is 0.386. The van der Waals surface area contributed by atoms with Crippen molar-refractivity contribution in [3.63, 3.8) is 0 Å². The summed E-state index contributed by atoms with van der Waals surface area (Å²) in [5.74, 6) is -0.317. The lowest BCUT2D eigenvalue weighted by molar-refractivity contribution is -0.117. The first kappa shape index (κ1) is 9.12. The molecule has 0 radical (unpaired) electrons. The lowest BCUT2D eigenvalue weighted by atomic mass is 10.5. The monoisotopic (exact) mass is 185 g/mol. The van der Waals surface area contributed by atoms with Crippen LogP contribution in [0.2, 0.25) is 0 Å². The Morgan fingerprint density at radius 2 is 2.50 bits per heavy atom. The Kier molecular flexibility index (Phi) is 2.75. The summed E-state index contributed by atoms with van der Waals surface area (Å²) in [4.78, 5) is 14.8. The lowest BCUT2D eigenvalue weighted by Gasteiger charge is -2.05. The number of thioether (sulfide) groups is 1. The van der Waals surface area contributed by atoms with Crippen LogP contribution in [0.4, 0.5) is 0 Å². The molecule has 2 N–H and O–H groups in total. The number of hydrogen-bond donors (Lipinski definition) is 1. The Hall–Kier alpha value is -0.970. The van der Waals surface area contributed by atoms with Crippen molar-refractivity contribution in [3.05, 3.63) is 12.4 Å². The second-order valence-corrected chi connectivity index (χ2v) is 3.79. The summed E-state index contributed by atoms with van der Waals surface area (Å²) in [5, 5.41) is 0.576. The average Bonchev–Trinajstić information content (AvgIpc) is 2.36. The average molecular weight is 185 g/mol. The first-order chi connectivity index (χ1) is 5.61. The highest BCUT2D eigenvalue weighted by molar-refractivity contribution is 8.00. The van der Waals surface area contributed by atoms with Gasteiger partial charge in [-0.05, 0) is 6.92 Å². The van der Waals surface area contributed by atoms with Crippen LogP contribution in [-0.2, 0) is 11.8 Å². The highest BCUT2D eigenvalue weighted by atomic mass is 32.2. The molecule has 0 aromatic carbocycles. The van der Waals surface area contributed by atoms with Crippen molar-refractivity contribution >= 4 is 17.7 Å². The molecule has 0 aliphatic carbocycles. The molecule has 1 rings (SSSR count). The van der Waals surface area contributed by atoms with Gasteiger partial charge in [-0.3, -0.25) is 4.79 Å². The quantitative estimate of drug-likeness (QED) is 0.693. The van der Waals surface area contributed by atoms with Crippen molar-refractivity contribution in [2.75, 3.05) is 0 Å². The van der Waals surface area contributed by atoms with Crippen LogP contribution in [0.25, 0.3) is 0 Å². The Bertz CT molecular complexity index is 284. The highest BCUT2D eigenvalue weighted by Gasteiger charge is 2.12. The molecule has 0 spiro atoms. The molecule has 0 saturated carbocycles. The summed E-state index contributed by atoms with van der Waals surface area (Å²) in [6.07, 6.45) is 3.52. The molecule has 1 aromatic rings. The molecule has 12 heavy (non-hydrogen) atoms. The van der Waals surface area contributed by atoms with Crippen molar-refractivity contribution in [1.29, 1.82) is 0 Å². The summed E-state index contributed by atoms with van der Waals surface area (Å²) < 4.78 is 1.85. The number of nitrogens with two attached hydrogens (primary N) is 1. The van der Waals surface area contributed by atoms with E-state index in [4.69, 9.17) is 5.73 Å². The fourth-order valence-corrected chi connectivity index (χ4v) is 1.46. The van der Waals surface area contributed by atoms with Gasteiger partial charge in [0.05, 0.1) is 5.25 Å². The second kappa shape index (κ2) is 3.62. The van der Waals surface area contributed by atoms with Gasteiger partial charge in [0.15, 0.2) is 5.16 Å². The van der Waals surface area contributed by atoms with Crippen LogP contribution in [0.3, 0.4) is 0 Å². The van der Waals surface area contributed by atoms with Crippen LogP contribution in [-0.4, -0.2) is 20.7 Å². The predicted molar refractivity (Wildman–Crippen MR) is 47.7 cm³/mol. The largest absolute Gasteiger partial charge is 0.369 e. The van der Waals surface area contributed by atoms with Crippen LogP contribution in [0, 0.1) is 0 Å². The molecular weight excluding hydrogens is 174 g/mol.